The standard InChI is InChI=1S/C18H16N2O5S/c1-10-2-5-16(19)15(6-10)18(22)20-12-4-3-11-7-13(26(23,24)25)9-17(21)14(11)8-12/h2-9,21H,19H2,1H3,(H,20,22)(H,23,24,25). The first-order valence-corrected chi connectivity index (χ1v) is 9.01. The van der Waals surface area contributed by atoms with Crippen LogP contribution in [0, 0.1) is 6.92 Å². The molecule has 0 aliphatic heterocycles. The molecule has 7 nitrogen and oxygen atoms in total. The van der Waals surface area contributed by atoms with Gasteiger partial charge in [-0.25, -0.2) is 0 Å². The second-order valence-corrected chi connectivity index (χ2v) is 7.32. The Labute approximate surface area is 149 Å². The number of carbonyl (C=O) groups is 1. The quantitative estimate of drug-likeness (QED) is 0.413. The number of rotatable bonds is 3. The first-order chi connectivity index (χ1) is 12.1. The molecule has 0 heterocycles. The van der Waals surface area contributed by atoms with Crippen molar-refractivity contribution in [3.8, 4) is 5.75 Å². The van der Waals surface area contributed by atoms with Crippen LogP contribution in [-0.4, -0.2) is 24.0 Å². The highest BCUT2D eigenvalue weighted by atomic mass is 32.2. The van der Waals surface area contributed by atoms with E-state index in [1.165, 1.54) is 18.2 Å². The number of carbonyl (C=O) groups excluding carboxylic acids is 1. The van der Waals surface area contributed by atoms with Gasteiger partial charge in [-0.15, -0.1) is 0 Å². The maximum Gasteiger partial charge on any atom is 0.294 e. The lowest BCUT2D eigenvalue weighted by atomic mass is 10.1. The number of phenolic OH excluding ortho intramolecular Hbond substituents is 1. The number of fused-ring (bicyclic) bond motifs is 1. The van der Waals surface area contributed by atoms with Crippen molar-refractivity contribution < 1.29 is 22.9 Å². The Morgan fingerprint density at radius 3 is 2.50 bits per heavy atom. The highest BCUT2D eigenvalue weighted by Gasteiger charge is 2.15. The number of hydrogen-bond acceptors (Lipinski definition) is 5. The fraction of sp³-hybridized carbons (Fsp3) is 0.0556. The Bertz CT molecular complexity index is 1140. The smallest absolute Gasteiger partial charge is 0.294 e. The van der Waals surface area contributed by atoms with Crippen molar-refractivity contribution in [1.82, 2.24) is 0 Å². The molecule has 0 spiro atoms. The zero-order chi connectivity index (χ0) is 19.1. The monoisotopic (exact) mass is 372 g/mol. The molecule has 0 radical (unpaired) electrons. The average Bonchev–Trinajstić information content (AvgIpc) is 2.56. The first kappa shape index (κ1) is 17.7. The number of hydrogen-bond donors (Lipinski definition) is 4. The first-order valence-electron chi connectivity index (χ1n) is 7.57. The number of nitrogen functional groups attached to an aromatic ring is 1. The predicted octanol–water partition coefficient (Wildman–Crippen LogP) is 2.94. The fourth-order valence-electron chi connectivity index (χ4n) is 2.60. The zero-order valence-corrected chi connectivity index (χ0v) is 14.5. The van der Waals surface area contributed by atoms with Crippen molar-refractivity contribution in [2.45, 2.75) is 11.8 Å². The summed E-state index contributed by atoms with van der Waals surface area (Å²) in [6.07, 6.45) is 0. The molecule has 0 bridgehead atoms. The number of anilines is 2. The van der Waals surface area contributed by atoms with Gasteiger partial charge in [-0.3, -0.25) is 9.35 Å². The van der Waals surface area contributed by atoms with E-state index in [-0.39, 0.29) is 5.75 Å². The molecule has 1 amide bonds. The van der Waals surface area contributed by atoms with Crippen LogP contribution in [0.25, 0.3) is 10.8 Å². The van der Waals surface area contributed by atoms with Crippen LogP contribution < -0.4 is 11.1 Å². The van der Waals surface area contributed by atoms with E-state index in [0.717, 1.165) is 11.6 Å². The van der Waals surface area contributed by atoms with E-state index < -0.39 is 20.9 Å². The molecule has 3 aromatic carbocycles. The van der Waals surface area contributed by atoms with Crippen LogP contribution in [0.4, 0.5) is 11.4 Å². The zero-order valence-electron chi connectivity index (χ0n) is 13.7. The van der Waals surface area contributed by atoms with Crippen molar-refractivity contribution in [2.24, 2.45) is 0 Å². The van der Waals surface area contributed by atoms with E-state index in [9.17, 15) is 18.3 Å². The Hall–Kier alpha value is -3.10. The minimum atomic E-state index is -4.43. The maximum absolute atomic E-state index is 12.4. The molecule has 0 aliphatic carbocycles. The van der Waals surface area contributed by atoms with Crippen molar-refractivity contribution in [1.29, 1.82) is 0 Å². The number of nitrogens with one attached hydrogen (secondary N) is 1. The molecule has 3 aromatic rings. The molecular weight excluding hydrogens is 356 g/mol. The predicted molar refractivity (Wildman–Crippen MR) is 99.0 cm³/mol. The number of phenols is 1. The van der Waals surface area contributed by atoms with Crippen LogP contribution in [0.5, 0.6) is 5.75 Å². The minimum Gasteiger partial charge on any atom is -0.507 e. The minimum absolute atomic E-state index is 0.326. The molecule has 0 aromatic heterocycles. The largest absolute Gasteiger partial charge is 0.507 e. The lowest BCUT2D eigenvalue weighted by Crippen LogP contribution is -2.14. The molecule has 8 heteroatoms. The van der Waals surface area contributed by atoms with Crippen LogP contribution in [0.1, 0.15) is 15.9 Å². The van der Waals surface area contributed by atoms with E-state index in [1.807, 2.05) is 6.92 Å². The second kappa shape index (κ2) is 6.32. The number of amides is 1. The molecule has 0 aliphatic rings. The summed E-state index contributed by atoms with van der Waals surface area (Å²) in [4.78, 5) is 12.0. The lowest BCUT2D eigenvalue weighted by molar-refractivity contribution is 0.102. The van der Waals surface area contributed by atoms with Gasteiger partial charge in [0.05, 0.1) is 10.5 Å². The molecule has 0 fully saturated rings. The van der Waals surface area contributed by atoms with Gasteiger partial charge >= 0.3 is 0 Å². The van der Waals surface area contributed by atoms with Gasteiger partial charge in [0.15, 0.2) is 0 Å². The Balaban J connectivity index is 1.98. The molecule has 0 saturated heterocycles. The summed E-state index contributed by atoms with van der Waals surface area (Å²) in [7, 11) is -4.43. The van der Waals surface area contributed by atoms with Crippen LogP contribution >= 0.6 is 0 Å². The summed E-state index contributed by atoms with van der Waals surface area (Å²) >= 11 is 0. The Morgan fingerprint density at radius 2 is 1.81 bits per heavy atom. The van der Waals surface area contributed by atoms with Crippen LogP contribution in [-0.2, 0) is 10.1 Å². The van der Waals surface area contributed by atoms with E-state index in [1.54, 1.807) is 24.3 Å². The van der Waals surface area contributed by atoms with E-state index >= 15 is 0 Å². The van der Waals surface area contributed by atoms with Crippen molar-refractivity contribution in [2.75, 3.05) is 11.1 Å². The normalized spacial score (nSPS) is 11.5. The number of aromatic hydroxyl groups is 1. The number of aryl methyl sites for hydroxylation is 1. The van der Waals surface area contributed by atoms with Crippen LogP contribution in [0.2, 0.25) is 0 Å². The van der Waals surface area contributed by atoms with Crippen molar-refractivity contribution in [3.05, 3.63) is 59.7 Å². The van der Waals surface area contributed by atoms with Gasteiger partial charge < -0.3 is 16.2 Å². The summed E-state index contributed by atoms with van der Waals surface area (Å²) in [5.41, 5.74) is 7.79. The van der Waals surface area contributed by atoms with Crippen LogP contribution in [0.15, 0.2) is 53.4 Å². The van der Waals surface area contributed by atoms with Gasteiger partial charge in [-0.1, -0.05) is 17.7 Å². The van der Waals surface area contributed by atoms with Gasteiger partial charge in [0.2, 0.25) is 0 Å². The molecule has 3 rings (SSSR count). The second-order valence-electron chi connectivity index (χ2n) is 5.90. The Kier molecular flexibility index (Phi) is 4.31. The van der Waals surface area contributed by atoms with Gasteiger partial charge in [-0.05, 0) is 42.6 Å². The molecule has 134 valence electrons. The molecular formula is C18H16N2O5S. The molecule has 0 atom stereocenters. The third-order valence-corrected chi connectivity index (χ3v) is 4.75. The lowest BCUT2D eigenvalue weighted by Gasteiger charge is -2.10. The third kappa shape index (κ3) is 3.46. The van der Waals surface area contributed by atoms with E-state index in [4.69, 9.17) is 10.3 Å². The highest BCUT2D eigenvalue weighted by Crippen LogP contribution is 2.31. The number of benzene rings is 3. The number of nitrogens with two attached hydrogens (primary N) is 1. The summed E-state index contributed by atoms with van der Waals surface area (Å²) in [5, 5.41) is 13.5. The molecule has 26 heavy (non-hydrogen) atoms. The van der Waals surface area contributed by atoms with Gasteiger partial charge in [0.1, 0.15) is 5.75 Å². The summed E-state index contributed by atoms with van der Waals surface area (Å²) in [6.45, 7) is 1.84. The average molecular weight is 372 g/mol. The molecule has 0 unspecified atom stereocenters. The highest BCUT2D eigenvalue weighted by molar-refractivity contribution is 7.85. The summed E-state index contributed by atoms with van der Waals surface area (Å²) < 4.78 is 31.6. The van der Waals surface area contributed by atoms with E-state index in [0.29, 0.717) is 27.7 Å². The fourth-order valence-corrected chi connectivity index (χ4v) is 3.14. The molecule has 5 N–H and O–H groups in total. The summed E-state index contributed by atoms with van der Waals surface area (Å²) in [6, 6.07) is 11.9. The van der Waals surface area contributed by atoms with E-state index in [2.05, 4.69) is 5.32 Å². The third-order valence-electron chi connectivity index (χ3n) is 3.92. The van der Waals surface area contributed by atoms with Gasteiger partial charge in [-0.2, -0.15) is 8.42 Å². The topological polar surface area (TPSA) is 130 Å². The Morgan fingerprint density at radius 1 is 1.08 bits per heavy atom. The van der Waals surface area contributed by atoms with Crippen molar-refractivity contribution in [3.63, 3.8) is 0 Å². The molecule has 0 saturated carbocycles. The SMILES string of the molecule is Cc1ccc(N)c(C(=O)Nc2ccc3cc(S(=O)(=O)O)cc(O)c3c2)c1. The maximum atomic E-state index is 12.4. The van der Waals surface area contributed by atoms with Crippen molar-refractivity contribution >= 4 is 38.2 Å². The van der Waals surface area contributed by atoms with Gasteiger partial charge in [0, 0.05) is 22.8 Å². The van der Waals surface area contributed by atoms with Gasteiger partial charge in [0.25, 0.3) is 16.0 Å². The van der Waals surface area contributed by atoms with Crippen LogP contribution in [0.3, 0.4) is 0 Å². The summed E-state index contributed by atoms with van der Waals surface area (Å²) in [5.74, 6) is -0.735.